The molecule has 0 saturated heterocycles. The molecule has 1 amide bonds. The van der Waals surface area contributed by atoms with E-state index in [-0.39, 0.29) is 42.1 Å². The fourth-order valence-corrected chi connectivity index (χ4v) is 3.21. The molecule has 24 heavy (non-hydrogen) atoms. The first-order valence-electron chi connectivity index (χ1n) is 8.00. The Hall–Kier alpha value is -1.91. The van der Waals surface area contributed by atoms with E-state index in [1.54, 1.807) is 6.07 Å². The highest BCUT2D eigenvalue weighted by Gasteiger charge is 2.29. The number of halogens is 2. The Morgan fingerprint density at radius 1 is 1.08 bits per heavy atom. The summed E-state index contributed by atoms with van der Waals surface area (Å²) in [4.78, 5) is 12.6. The molecular formula is C19H22ClFN2O. The smallest absolute Gasteiger partial charge is 0.223 e. The summed E-state index contributed by atoms with van der Waals surface area (Å²) in [6.07, 6.45) is 2.42. The van der Waals surface area contributed by atoms with Gasteiger partial charge in [0.25, 0.3) is 0 Å². The molecule has 128 valence electrons. The first-order valence-corrected chi connectivity index (χ1v) is 8.00. The number of carbonyl (C=O) groups is 1. The van der Waals surface area contributed by atoms with Crippen LogP contribution < -0.4 is 11.1 Å². The minimum Gasteiger partial charge on any atom is -0.345 e. The van der Waals surface area contributed by atoms with Crippen LogP contribution in [-0.2, 0) is 4.79 Å². The van der Waals surface area contributed by atoms with Gasteiger partial charge < -0.3 is 11.1 Å². The second-order valence-corrected chi connectivity index (χ2v) is 6.18. The zero-order valence-corrected chi connectivity index (χ0v) is 14.1. The molecule has 0 aromatic heterocycles. The average molecular weight is 349 g/mol. The van der Waals surface area contributed by atoms with E-state index in [1.165, 1.54) is 12.1 Å². The standard InChI is InChI=1S/C19H21FN2O.ClH/c20-16-8-4-7-14(11-16)18(13-5-2-1-3-6-13)22-19(23)15-9-10-17(21)12-15;/h1-8,11,15,17-18H,9-10,12,21H2,(H,22,23);1H. The van der Waals surface area contributed by atoms with Crippen molar-refractivity contribution in [3.8, 4) is 0 Å². The van der Waals surface area contributed by atoms with Gasteiger partial charge in [-0.3, -0.25) is 4.79 Å². The van der Waals surface area contributed by atoms with Gasteiger partial charge in [-0.15, -0.1) is 12.4 Å². The van der Waals surface area contributed by atoms with Gasteiger partial charge in [0.2, 0.25) is 5.91 Å². The van der Waals surface area contributed by atoms with Gasteiger partial charge in [0, 0.05) is 12.0 Å². The molecule has 3 atom stereocenters. The number of amides is 1. The zero-order valence-electron chi connectivity index (χ0n) is 13.3. The number of nitrogens with one attached hydrogen (secondary N) is 1. The lowest BCUT2D eigenvalue weighted by Crippen LogP contribution is -2.34. The normalized spacial score (nSPS) is 20.9. The van der Waals surface area contributed by atoms with E-state index in [0.29, 0.717) is 0 Å². The van der Waals surface area contributed by atoms with Crippen LogP contribution in [0.15, 0.2) is 54.6 Å². The Morgan fingerprint density at radius 2 is 1.79 bits per heavy atom. The predicted octanol–water partition coefficient (Wildman–Crippen LogP) is 3.58. The summed E-state index contributed by atoms with van der Waals surface area (Å²) < 4.78 is 13.6. The Bertz CT molecular complexity index is 680. The summed E-state index contributed by atoms with van der Waals surface area (Å²) in [5, 5.41) is 3.08. The molecular weight excluding hydrogens is 327 g/mol. The molecule has 0 radical (unpaired) electrons. The second kappa shape index (κ2) is 8.27. The number of rotatable bonds is 4. The number of hydrogen-bond acceptors (Lipinski definition) is 2. The van der Waals surface area contributed by atoms with Crippen LogP contribution in [0, 0.1) is 11.7 Å². The number of benzene rings is 2. The van der Waals surface area contributed by atoms with Crippen LogP contribution in [0.5, 0.6) is 0 Å². The van der Waals surface area contributed by atoms with Crippen LogP contribution in [0.25, 0.3) is 0 Å². The van der Waals surface area contributed by atoms with Crippen molar-refractivity contribution < 1.29 is 9.18 Å². The van der Waals surface area contributed by atoms with Crippen molar-refractivity contribution in [3.05, 3.63) is 71.5 Å². The minimum atomic E-state index is -0.351. The van der Waals surface area contributed by atoms with Gasteiger partial charge in [-0.2, -0.15) is 0 Å². The Labute approximate surface area is 147 Å². The van der Waals surface area contributed by atoms with Gasteiger partial charge in [0.15, 0.2) is 0 Å². The maximum atomic E-state index is 13.6. The summed E-state index contributed by atoms with van der Waals surface area (Å²) >= 11 is 0. The average Bonchev–Trinajstić information content (AvgIpc) is 3.00. The molecule has 1 fully saturated rings. The molecule has 1 aliphatic rings. The van der Waals surface area contributed by atoms with Crippen molar-refractivity contribution in [1.29, 1.82) is 0 Å². The maximum absolute atomic E-state index is 13.6. The molecule has 0 aliphatic heterocycles. The van der Waals surface area contributed by atoms with Crippen LogP contribution >= 0.6 is 12.4 Å². The number of carbonyl (C=O) groups excluding carboxylic acids is 1. The number of nitrogens with two attached hydrogens (primary N) is 1. The van der Waals surface area contributed by atoms with Gasteiger partial charge in [-0.25, -0.2) is 4.39 Å². The Kier molecular flexibility index (Phi) is 6.35. The molecule has 3 nitrogen and oxygen atoms in total. The summed E-state index contributed by atoms with van der Waals surface area (Å²) in [7, 11) is 0. The molecule has 2 aromatic rings. The van der Waals surface area contributed by atoms with Gasteiger partial charge >= 0.3 is 0 Å². The van der Waals surface area contributed by atoms with Crippen molar-refractivity contribution in [3.63, 3.8) is 0 Å². The fourth-order valence-electron chi connectivity index (χ4n) is 3.21. The van der Waals surface area contributed by atoms with E-state index in [0.717, 1.165) is 30.4 Å². The molecule has 1 saturated carbocycles. The Balaban J connectivity index is 0.00000208. The third-order valence-electron chi connectivity index (χ3n) is 4.45. The van der Waals surface area contributed by atoms with Crippen LogP contribution in [0.3, 0.4) is 0 Å². The highest BCUT2D eigenvalue weighted by Crippen LogP contribution is 2.27. The van der Waals surface area contributed by atoms with Crippen molar-refractivity contribution >= 4 is 18.3 Å². The highest BCUT2D eigenvalue weighted by atomic mass is 35.5. The van der Waals surface area contributed by atoms with Gasteiger partial charge in [-0.05, 0) is 42.5 Å². The van der Waals surface area contributed by atoms with E-state index < -0.39 is 0 Å². The van der Waals surface area contributed by atoms with Gasteiger partial charge in [-0.1, -0.05) is 42.5 Å². The second-order valence-electron chi connectivity index (χ2n) is 6.18. The van der Waals surface area contributed by atoms with Crippen LogP contribution in [0.1, 0.15) is 36.4 Å². The van der Waals surface area contributed by atoms with Crippen molar-refractivity contribution in [2.75, 3.05) is 0 Å². The summed E-state index contributed by atoms with van der Waals surface area (Å²) in [5.41, 5.74) is 7.59. The monoisotopic (exact) mass is 348 g/mol. The molecule has 2 aromatic carbocycles. The third-order valence-corrected chi connectivity index (χ3v) is 4.45. The molecule has 3 N–H and O–H groups in total. The molecule has 1 aliphatic carbocycles. The van der Waals surface area contributed by atoms with Crippen molar-refractivity contribution in [1.82, 2.24) is 5.32 Å². The summed E-state index contributed by atoms with van der Waals surface area (Å²) in [5.74, 6) is -0.360. The molecule has 5 heteroatoms. The van der Waals surface area contributed by atoms with E-state index >= 15 is 0 Å². The van der Waals surface area contributed by atoms with Crippen LogP contribution in [0.4, 0.5) is 4.39 Å². The third kappa shape index (κ3) is 4.34. The molecule has 3 rings (SSSR count). The quantitative estimate of drug-likeness (QED) is 0.887. The van der Waals surface area contributed by atoms with E-state index in [2.05, 4.69) is 5.32 Å². The summed E-state index contributed by atoms with van der Waals surface area (Å²) in [6.45, 7) is 0. The van der Waals surface area contributed by atoms with E-state index in [4.69, 9.17) is 5.73 Å². The predicted molar refractivity (Wildman–Crippen MR) is 95.4 cm³/mol. The lowest BCUT2D eigenvalue weighted by molar-refractivity contribution is -0.125. The lowest BCUT2D eigenvalue weighted by atomic mass is 9.97. The Morgan fingerprint density at radius 3 is 2.42 bits per heavy atom. The number of hydrogen-bond donors (Lipinski definition) is 2. The van der Waals surface area contributed by atoms with Crippen LogP contribution in [0.2, 0.25) is 0 Å². The van der Waals surface area contributed by atoms with Crippen LogP contribution in [-0.4, -0.2) is 11.9 Å². The molecule has 3 unspecified atom stereocenters. The lowest BCUT2D eigenvalue weighted by Gasteiger charge is -2.22. The van der Waals surface area contributed by atoms with Gasteiger partial charge in [0.05, 0.1) is 6.04 Å². The first-order chi connectivity index (χ1) is 11.1. The molecule has 0 bridgehead atoms. The minimum absolute atomic E-state index is 0. The highest BCUT2D eigenvalue weighted by molar-refractivity contribution is 5.85. The fraction of sp³-hybridized carbons (Fsp3) is 0.316. The molecule has 0 spiro atoms. The zero-order chi connectivity index (χ0) is 16.2. The maximum Gasteiger partial charge on any atom is 0.223 e. The van der Waals surface area contributed by atoms with Gasteiger partial charge in [0.1, 0.15) is 5.82 Å². The first kappa shape index (κ1) is 18.4. The van der Waals surface area contributed by atoms with E-state index in [1.807, 2.05) is 36.4 Å². The van der Waals surface area contributed by atoms with Crippen molar-refractivity contribution in [2.24, 2.45) is 11.7 Å². The molecule has 0 heterocycles. The summed E-state index contributed by atoms with van der Waals surface area (Å²) in [6, 6.07) is 15.8. The van der Waals surface area contributed by atoms with E-state index in [9.17, 15) is 9.18 Å². The SMILES string of the molecule is Cl.NC1CCC(C(=O)NC(c2ccccc2)c2cccc(F)c2)C1. The topological polar surface area (TPSA) is 55.1 Å². The largest absolute Gasteiger partial charge is 0.345 e. The van der Waals surface area contributed by atoms with Crippen molar-refractivity contribution in [2.45, 2.75) is 31.3 Å².